The molecule has 1 saturated carbocycles. The highest BCUT2D eigenvalue weighted by atomic mass is 16.5. The molecule has 2 aliphatic heterocycles. The van der Waals surface area contributed by atoms with E-state index in [0.29, 0.717) is 19.0 Å². The maximum Gasteiger partial charge on any atom is 0.143 e. The first-order valence-electron chi connectivity index (χ1n) is 7.73. The van der Waals surface area contributed by atoms with Crippen molar-refractivity contribution in [3.8, 4) is 0 Å². The van der Waals surface area contributed by atoms with Crippen molar-refractivity contribution in [3.05, 3.63) is 0 Å². The van der Waals surface area contributed by atoms with Crippen LogP contribution in [0.25, 0.3) is 0 Å². The Morgan fingerprint density at radius 3 is 2.89 bits per heavy atom. The molecule has 3 rings (SSSR count). The van der Waals surface area contributed by atoms with Crippen LogP contribution in [-0.4, -0.2) is 43.8 Å². The van der Waals surface area contributed by atoms with Gasteiger partial charge in [0, 0.05) is 18.6 Å². The van der Waals surface area contributed by atoms with Crippen LogP contribution in [0.4, 0.5) is 0 Å². The summed E-state index contributed by atoms with van der Waals surface area (Å²) >= 11 is 0. The molecule has 0 aromatic heterocycles. The molecule has 0 aromatic rings. The molecule has 0 amide bonds. The second-order valence-corrected chi connectivity index (χ2v) is 6.29. The van der Waals surface area contributed by atoms with E-state index in [1.165, 1.54) is 6.42 Å². The molecule has 1 aliphatic carbocycles. The van der Waals surface area contributed by atoms with Crippen LogP contribution in [0.1, 0.15) is 39.0 Å². The highest BCUT2D eigenvalue weighted by molar-refractivity contribution is 5.84. The molecule has 0 aromatic carbocycles. The SMILES string of the molecule is CCNC1COCC1C(=O)C1CCOC2(CCC2)C1. The van der Waals surface area contributed by atoms with Crippen molar-refractivity contribution in [1.29, 1.82) is 0 Å². The molecule has 4 heteroatoms. The number of carbonyl (C=O) groups is 1. The summed E-state index contributed by atoms with van der Waals surface area (Å²) in [7, 11) is 0. The predicted molar refractivity (Wildman–Crippen MR) is 72.0 cm³/mol. The van der Waals surface area contributed by atoms with Crippen molar-refractivity contribution < 1.29 is 14.3 Å². The monoisotopic (exact) mass is 267 g/mol. The number of rotatable bonds is 4. The Labute approximate surface area is 115 Å². The average Bonchev–Trinajstić information content (AvgIpc) is 2.85. The lowest BCUT2D eigenvalue weighted by Gasteiger charge is -2.47. The van der Waals surface area contributed by atoms with Gasteiger partial charge < -0.3 is 14.8 Å². The Morgan fingerprint density at radius 1 is 1.37 bits per heavy atom. The minimum atomic E-state index is 0.0557. The van der Waals surface area contributed by atoms with Crippen LogP contribution in [0.3, 0.4) is 0 Å². The van der Waals surface area contributed by atoms with Gasteiger partial charge in [-0.05, 0) is 38.6 Å². The third-order valence-corrected chi connectivity index (χ3v) is 5.07. The molecule has 2 heterocycles. The Morgan fingerprint density at radius 2 is 2.21 bits per heavy atom. The molecule has 1 spiro atoms. The molecule has 108 valence electrons. The lowest BCUT2D eigenvalue weighted by atomic mass is 9.69. The Bertz CT molecular complexity index is 340. The maximum absolute atomic E-state index is 12.7. The number of nitrogens with one attached hydrogen (secondary N) is 1. The van der Waals surface area contributed by atoms with E-state index in [1.54, 1.807) is 0 Å². The molecule has 1 N–H and O–H groups in total. The quantitative estimate of drug-likeness (QED) is 0.839. The molecule has 19 heavy (non-hydrogen) atoms. The van der Waals surface area contributed by atoms with Crippen molar-refractivity contribution in [2.45, 2.75) is 50.7 Å². The van der Waals surface area contributed by atoms with E-state index < -0.39 is 0 Å². The van der Waals surface area contributed by atoms with E-state index in [1.807, 2.05) is 0 Å². The van der Waals surface area contributed by atoms with E-state index in [2.05, 4.69) is 12.2 Å². The lowest BCUT2D eigenvalue weighted by molar-refractivity contribution is -0.158. The van der Waals surface area contributed by atoms with Gasteiger partial charge in [-0.3, -0.25) is 4.79 Å². The average molecular weight is 267 g/mol. The third kappa shape index (κ3) is 2.58. The van der Waals surface area contributed by atoms with Gasteiger partial charge in [0.2, 0.25) is 0 Å². The normalized spacial score (nSPS) is 37.2. The number of carbonyl (C=O) groups excluding carboxylic acids is 1. The summed E-state index contributed by atoms with van der Waals surface area (Å²) in [6.45, 7) is 5.02. The van der Waals surface area contributed by atoms with Crippen LogP contribution in [0, 0.1) is 11.8 Å². The van der Waals surface area contributed by atoms with Crippen LogP contribution >= 0.6 is 0 Å². The van der Waals surface area contributed by atoms with Gasteiger partial charge in [0.25, 0.3) is 0 Å². The molecule has 4 nitrogen and oxygen atoms in total. The Balaban J connectivity index is 1.62. The van der Waals surface area contributed by atoms with Crippen molar-refractivity contribution in [2.24, 2.45) is 11.8 Å². The van der Waals surface area contributed by atoms with Gasteiger partial charge >= 0.3 is 0 Å². The second-order valence-electron chi connectivity index (χ2n) is 6.29. The van der Waals surface area contributed by atoms with E-state index in [0.717, 1.165) is 38.8 Å². The standard InChI is InChI=1S/C15H25NO3/c1-2-16-13-10-18-9-12(13)14(17)11-4-7-19-15(8-11)5-3-6-15/h11-13,16H,2-10H2,1H3. The van der Waals surface area contributed by atoms with Gasteiger partial charge in [0.1, 0.15) is 5.78 Å². The highest BCUT2D eigenvalue weighted by Crippen LogP contribution is 2.45. The molecule has 3 atom stereocenters. The van der Waals surface area contributed by atoms with Gasteiger partial charge in [-0.2, -0.15) is 0 Å². The summed E-state index contributed by atoms with van der Waals surface area (Å²) < 4.78 is 11.4. The van der Waals surface area contributed by atoms with E-state index in [9.17, 15) is 4.79 Å². The topological polar surface area (TPSA) is 47.6 Å². The Kier molecular flexibility index (Phi) is 3.92. The van der Waals surface area contributed by atoms with Gasteiger partial charge in [-0.1, -0.05) is 6.92 Å². The van der Waals surface area contributed by atoms with Crippen LogP contribution in [0.15, 0.2) is 0 Å². The van der Waals surface area contributed by atoms with E-state index in [4.69, 9.17) is 9.47 Å². The Hall–Kier alpha value is -0.450. The molecular formula is C15H25NO3. The number of Topliss-reactive ketones (excluding diaryl/α,β-unsaturated/α-hetero) is 1. The van der Waals surface area contributed by atoms with Gasteiger partial charge in [-0.15, -0.1) is 0 Å². The summed E-state index contributed by atoms with van der Waals surface area (Å²) in [6.07, 6.45) is 5.40. The van der Waals surface area contributed by atoms with Crippen molar-refractivity contribution in [2.75, 3.05) is 26.4 Å². The number of ketones is 1. The summed E-state index contributed by atoms with van der Waals surface area (Å²) in [4.78, 5) is 12.7. The van der Waals surface area contributed by atoms with Crippen molar-refractivity contribution >= 4 is 5.78 Å². The fourth-order valence-electron chi connectivity index (χ4n) is 3.79. The number of likely N-dealkylation sites (N-methyl/N-ethyl adjacent to an activating group) is 1. The first-order chi connectivity index (χ1) is 9.24. The number of hydrogen-bond acceptors (Lipinski definition) is 4. The van der Waals surface area contributed by atoms with E-state index >= 15 is 0 Å². The van der Waals surface area contributed by atoms with Gasteiger partial charge in [0.05, 0.1) is 24.7 Å². The predicted octanol–water partition coefficient (Wildman–Crippen LogP) is 1.53. The molecule has 3 fully saturated rings. The zero-order valence-corrected chi connectivity index (χ0v) is 11.8. The summed E-state index contributed by atoms with van der Waals surface area (Å²) in [5.41, 5.74) is 0.0612. The number of hydrogen-bond donors (Lipinski definition) is 1. The van der Waals surface area contributed by atoms with Gasteiger partial charge in [0.15, 0.2) is 0 Å². The van der Waals surface area contributed by atoms with Crippen molar-refractivity contribution in [1.82, 2.24) is 5.32 Å². The van der Waals surface area contributed by atoms with Crippen LogP contribution < -0.4 is 5.32 Å². The maximum atomic E-state index is 12.7. The van der Waals surface area contributed by atoms with Gasteiger partial charge in [-0.25, -0.2) is 0 Å². The van der Waals surface area contributed by atoms with Crippen LogP contribution in [0.2, 0.25) is 0 Å². The molecule has 0 radical (unpaired) electrons. The number of ether oxygens (including phenoxy) is 2. The molecule has 0 bridgehead atoms. The minimum absolute atomic E-state index is 0.0557. The molecule has 3 aliphatic rings. The van der Waals surface area contributed by atoms with Crippen LogP contribution in [-0.2, 0) is 14.3 Å². The molecular weight excluding hydrogens is 242 g/mol. The first kappa shape index (κ1) is 13.5. The molecule has 2 saturated heterocycles. The fraction of sp³-hybridized carbons (Fsp3) is 0.933. The summed E-state index contributed by atoms with van der Waals surface area (Å²) in [5.74, 6) is 0.667. The molecule has 3 unspecified atom stereocenters. The lowest BCUT2D eigenvalue weighted by Crippen LogP contribution is -2.49. The minimum Gasteiger partial charge on any atom is -0.379 e. The first-order valence-corrected chi connectivity index (χ1v) is 7.73. The van der Waals surface area contributed by atoms with E-state index in [-0.39, 0.29) is 23.5 Å². The highest BCUT2D eigenvalue weighted by Gasteiger charge is 2.46. The smallest absolute Gasteiger partial charge is 0.143 e. The largest absolute Gasteiger partial charge is 0.379 e. The summed E-state index contributed by atoms with van der Waals surface area (Å²) in [5, 5.41) is 3.39. The zero-order valence-electron chi connectivity index (χ0n) is 11.8. The fourth-order valence-corrected chi connectivity index (χ4v) is 3.79. The van der Waals surface area contributed by atoms with Crippen molar-refractivity contribution in [3.63, 3.8) is 0 Å². The second kappa shape index (κ2) is 5.51. The van der Waals surface area contributed by atoms with Crippen LogP contribution in [0.5, 0.6) is 0 Å². The zero-order chi connectivity index (χ0) is 13.3. The third-order valence-electron chi connectivity index (χ3n) is 5.07. The summed E-state index contributed by atoms with van der Waals surface area (Å²) in [6, 6.07) is 0.220.